The number of aromatic nitrogens is 2. The highest BCUT2D eigenvalue weighted by molar-refractivity contribution is 6.32. The Balaban J connectivity index is 2.01. The Morgan fingerprint density at radius 3 is 2.39 bits per heavy atom. The molecule has 0 aliphatic carbocycles. The van der Waals surface area contributed by atoms with E-state index in [1.807, 2.05) is 0 Å². The smallest absolute Gasteiger partial charge is 0.309 e. The van der Waals surface area contributed by atoms with E-state index in [1.54, 1.807) is 55.6 Å². The van der Waals surface area contributed by atoms with Gasteiger partial charge in [0.25, 0.3) is 0 Å². The first kappa shape index (κ1) is 19.4. The number of halogens is 1. The summed E-state index contributed by atoms with van der Waals surface area (Å²) in [6.45, 7) is 0. The van der Waals surface area contributed by atoms with Gasteiger partial charge < -0.3 is 14.9 Å². The number of aliphatic carboxylic acids is 1. The number of benzene rings is 2. The molecule has 3 rings (SSSR count). The molecule has 0 aliphatic rings. The molecule has 3 aromatic rings. The van der Waals surface area contributed by atoms with Gasteiger partial charge in [0.15, 0.2) is 5.78 Å². The molecule has 28 heavy (non-hydrogen) atoms. The average Bonchev–Trinajstić information content (AvgIpc) is 2.98. The van der Waals surface area contributed by atoms with Crippen molar-refractivity contribution in [1.82, 2.24) is 9.78 Å². The lowest BCUT2D eigenvalue weighted by Gasteiger charge is -2.06. The van der Waals surface area contributed by atoms with Crippen LogP contribution in [0.15, 0.2) is 48.5 Å². The van der Waals surface area contributed by atoms with Gasteiger partial charge in [-0.15, -0.1) is 0 Å². The standard InChI is InChI=1S/C20H17ClN2O5/c1-28-13-8-6-12(7-9-13)10-17(24)19-15(11-18(25)26)22-23(20(19)27)16-5-3-2-4-14(16)21/h2-9,27H,10-11H2,1H3,(H,25,26). The van der Waals surface area contributed by atoms with Crippen molar-refractivity contribution >= 4 is 23.4 Å². The van der Waals surface area contributed by atoms with Gasteiger partial charge >= 0.3 is 5.97 Å². The summed E-state index contributed by atoms with van der Waals surface area (Å²) >= 11 is 6.15. The van der Waals surface area contributed by atoms with E-state index in [0.717, 1.165) is 4.68 Å². The number of carboxylic acid groups (broad SMARTS) is 1. The molecule has 1 heterocycles. The van der Waals surface area contributed by atoms with Gasteiger partial charge in [0.05, 0.1) is 29.9 Å². The molecule has 144 valence electrons. The van der Waals surface area contributed by atoms with Crippen LogP contribution in [-0.2, 0) is 17.6 Å². The van der Waals surface area contributed by atoms with Crippen molar-refractivity contribution in [1.29, 1.82) is 0 Å². The summed E-state index contributed by atoms with van der Waals surface area (Å²) < 4.78 is 6.17. The first-order valence-corrected chi connectivity index (χ1v) is 8.72. The average molecular weight is 401 g/mol. The summed E-state index contributed by atoms with van der Waals surface area (Å²) in [5.41, 5.74) is 0.885. The molecule has 8 heteroatoms. The van der Waals surface area contributed by atoms with E-state index in [0.29, 0.717) is 22.0 Å². The summed E-state index contributed by atoms with van der Waals surface area (Å²) in [5, 5.41) is 24.2. The molecule has 0 saturated carbocycles. The van der Waals surface area contributed by atoms with Crippen molar-refractivity contribution in [3.63, 3.8) is 0 Å². The lowest BCUT2D eigenvalue weighted by atomic mass is 10.0. The predicted molar refractivity (Wildman–Crippen MR) is 103 cm³/mol. The van der Waals surface area contributed by atoms with Crippen LogP contribution in [0.4, 0.5) is 0 Å². The highest BCUT2D eigenvalue weighted by Gasteiger charge is 2.26. The van der Waals surface area contributed by atoms with E-state index in [9.17, 15) is 14.7 Å². The zero-order valence-corrected chi connectivity index (χ0v) is 15.7. The van der Waals surface area contributed by atoms with Gasteiger partial charge in [0, 0.05) is 6.42 Å². The summed E-state index contributed by atoms with van der Waals surface area (Å²) in [7, 11) is 1.54. The van der Waals surface area contributed by atoms with Gasteiger partial charge in [-0.1, -0.05) is 35.9 Å². The van der Waals surface area contributed by atoms with E-state index in [1.165, 1.54) is 0 Å². The zero-order valence-electron chi connectivity index (χ0n) is 14.9. The molecule has 0 unspecified atom stereocenters. The number of aromatic hydroxyl groups is 1. The molecule has 2 N–H and O–H groups in total. The fraction of sp³-hybridized carbons (Fsp3) is 0.150. The maximum atomic E-state index is 12.9. The predicted octanol–water partition coefficient (Wildman–Crippen LogP) is 3.29. The van der Waals surface area contributed by atoms with Gasteiger partial charge in [0.1, 0.15) is 11.3 Å². The molecule has 0 bridgehead atoms. The van der Waals surface area contributed by atoms with Crippen LogP contribution in [0, 0.1) is 0 Å². The Morgan fingerprint density at radius 1 is 1.11 bits per heavy atom. The van der Waals surface area contributed by atoms with E-state index in [-0.39, 0.29) is 17.7 Å². The highest BCUT2D eigenvalue weighted by Crippen LogP contribution is 2.30. The lowest BCUT2D eigenvalue weighted by Crippen LogP contribution is -2.09. The van der Waals surface area contributed by atoms with Crippen molar-refractivity contribution in [2.45, 2.75) is 12.8 Å². The number of hydrogen-bond acceptors (Lipinski definition) is 5. The number of rotatable bonds is 7. The second-order valence-electron chi connectivity index (χ2n) is 6.03. The number of ketones is 1. The minimum atomic E-state index is -1.16. The molecule has 0 radical (unpaired) electrons. The molecule has 1 aromatic heterocycles. The first-order valence-electron chi connectivity index (χ1n) is 8.34. The highest BCUT2D eigenvalue weighted by atomic mass is 35.5. The van der Waals surface area contributed by atoms with Crippen LogP contribution in [0.3, 0.4) is 0 Å². The molecule has 0 atom stereocenters. The Hall–Kier alpha value is -3.32. The molecule has 2 aromatic carbocycles. The zero-order chi connectivity index (χ0) is 20.3. The Morgan fingerprint density at radius 2 is 1.79 bits per heavy atom. The van der Waals surface area contributed by atoms with Gasteiger partial charge in [0.2, 0.25) is 5.88 Å². The summed E-state index contributed by atoms with van der Waals surface area (Å²) in [6.07, 6.45) is -0.535. The van der Waals surface area contributed by atoms with E-state index in [4.69, 9.17) is 21.4 Å². The minimum absolute atomic E-state index is 0.0246. The van der Waals surface area contributed by atoms with Crippen molar-refractivity contribution in [3.05, 3.63) is 70.4 Å². The summed E-state index contributed by atoms with van der Waals surface area (Å²) in [6, 6.07) is 13.5. The van der Waals surface area contributed by atoms with Crippen molar-refractivity contribution in [2.75, 3.05) is 7.11 Å². The van der Waals surface area contributed by atoms with Crippen molar-refractivity contribution in [3.8, 4) is 17.3 Å². The molecule has 0 fully saturated rings. The second kappa shape index (κ2) is 8.14. The monoisotopic (exact) mass is 400 g/mol. The molecule has 7 nitrogen and oxygen atoms in total. The SMILES string of the molecule is COc1ccc(CC(=O)c2c(CC(=O)O)nn(-c3ccccc3Cl)c2O)cc1. The second-order valence-corrected chi connectivity index (χ2v) is 6.43. The maximum Gasteiger partial charge on any atom is 0.309 e. The normalized spacial score (nSPS) is 10.6. The van der Waals surface area contributed by atoms with Crippen LogP contribution in [-0.4, -0.2) is 38.9 Å². The maximum absolute atomic E-state index is 12.9. The third-order valence-corrected chi connectivity index (χ3v) is 4.46. The van der Waals surface area contributed by atoms with Gasteiger partial charge in [-0.05, 0) is 29.8 Å². The molecule has 0 amide bonds. The topological polar surface area (TPSA) is 102 Å². The number of carbonyl (C=O) groups is 2. The van der Waals surface area contributed by atoms with Crippen LogP contribution in [0.1, 0.15) is 21.6 Å². The van der Waals surface area contributed by atoms with Crippen LogP contribution < -0.4 is 4.74 Å². The van der Waals surface area contributed by atoms with Crippen LogP contribution in [0.5, 0.6) is 11.6 Å². The van der Waals surface area contributed by atoms with E-state index >= 15 is 0 Å². The largest absolute Gasteiger partial charge is 0.497 e. The fourth-order valence-electron chi connectivity index (χ4n) is 2.81. The summed E-state index contributed by atoms with van der Waals surface area (Å²) in [4.78, 5) is 24.1. The van der Waals surface area contributed by atoms with E-state index < -0.39 is 24.1 Å². The number of hydrogen-bond donors (Lipinski definition) is 2. The molecular weight excluding hydrogens is 384 g/mol. The number of methoxy groups -OCH3 is 1. The van der Waals surface area contributed by atoms with Crippen molar-refractivity contribution < 1.29 is 24.5 Å². The molecular formula is C20H17ClN2O5. The lowest BCUT2D eigenvalue weighted by molar-refractivity contribution is -0.136. The van der Waals surface area contributed by atoms with Crippen LogP contribution in [0.2, 0.25) is 5.02 Å². The number of Topliss-reactive ketones (excluding diaryl/α,β-unsaturated/α-hetero) is 1. The van der Waals surface area contributed by atoms with Gasteiger partial charge in [-0.25, -0.2) is 0 Å². The fourth-order valence-corrected chi connectivity index (χ4v) is 3.03. The number of carboxylic acids is 1. The molecule has 0 saturated heterocycles. The number of ether oxygens (including phenoxy) is 1. The third kappa shape index (κ3) is 3.99. The molecule has 0 spiro atoms. The Kier molecular flexibility index (Phi) is 5.65. The number of nitrogens with zero attached hydrogens (tertiary/aromatic N) is 2. The molecule has 0 aliphatic heterocycles. The minimum Gasteiger partial charge on any atom is -0.497 e. The number of carbonyl (C=O) groups excluding carboxylic acids is 1. The van der Waals surface area contributed by atoms with Crippen LogP contribution in [0.25, 0.3) is 5.69 Å². The number of para-hydroxylation sites is 1. The van der Waals surface area contributed by atoms with Crippen molar-refractivity contribution in [2.24, 2.45) is 0 Å². The first-order chi connectivity index (χ1) is 13.4. The van der Waals surface area contributed by atoms with Crippen LogP contribution >= 0.6 is 11.6 Å². The van der Waals surface area contributed by atoms with Gasteiger partial charge in [-0.3, -0.25) is 9.59 Å². The van der Waals surface area contributed by atoms with Gasteiger partial charge in [-0.2, -0.15) is 9.78 Å². The Labute approximate surface area is 165 Å². The Bertz CT molecular complexity index is 1030. The quantitative estimate of drug-likeness (QED) is 0.590. The summed E-state index contributed by atoms with van der Waals surface area (Å²) in [5.74, 6) is -1.40. The third-order valence-electron chi connectivity index (χ3n) is 4.14. The van der Waals surface area contributed by atoms with E-state index in [2.05, 4.69) is 5.10 Å².